The maximum Gasteiger partial charge on any atom is 0.408 e. The fraction of sp³-hybridized carbons (Fsp3) is 0.276. The van der Waals surface area contributed by atoms with Crippen molar-refractivity contribution in [2.24, 2.45) is 0 Å². The first-order chi connectivity index (χ1) is 17.2. The van der Waals surface area contributed by atoms with Crippen molar-refractivity contribution >= 4 is 12.1 Å². The molecule has 0 aliphatic carbocycles. The standard InChI is InChI=1S/C29H30N2O5/c1-29(2,3)36-28(33)31-25(27(32)35-20-22-12-8-5-9-13-22)17-23-14-15-26(24(16-23)18-30)34-19-21-10-6-4-7-11-21/h4-16,25H,17,19-20H2,1-3H3,(H,31,33)/t25-/m0/s1. The highest BCUT2D eigenvalue weighted by molar-refractivity contribution is 5.81. The summed E-state index contributed by atoms with van der Waals surface area (Å²) >= 11 is 0. The molecule has 0 saturated heterocycles. The molecule has 36 heavy (non-hydrogen) atoms. The van der Waals surface area contributed by atoms with Crippen LogP contribution in [0.25, 0.3) is 0 Å². The Kier molecular flexibility index (Phi) is 9.07. The van der Waals surface area contributed by atoms with Gasteiger partial charge in [0.15, 0.2) is 0 Å². The van der Waals surface area contributed by atoms with Crippen LogP contribution >= 0.6 is 0 Å². The summed E-state index contributed by atoms with van der Waals surface area (Å²) in [5.41, 5.74) is 2.07. The smallest absolute Gasteiger partial charge is 0.408 e. The van der Waals surface area contributed by atoms with Crippen molar-refractivity contribution in [3.63, 3.8) is 0 Å². The fourth-order valence-electron chi connectivity index (χ4n) is 3.36. The third-order valence-corrected chi connectivity index (χ3v) is 5.04. The number of nitrogens with zero attached hydrogens (tertiary/aromatic N) is 1. The van der Waals surface area contributed by atoms with E-state index in [0.717, 1.165) is 11.1 Å². The number of carbonyl (C=O) groups is 2. The van der Waals surface area contributed by atoms with Crippen molar-refractivity contribution in [3.05, 3.63) is 101 Å². The van der Waals surface area contributed by atoms with Crippen molar-refractivity contribution < 1.29 is 23.8 Å². The number of hydrogen-bond acceptors (Lipinski definition) is 6. The average Bonchev–Trinajstić information content (AvgIpc) is 2.86. The van der Waals surface area contributed by atoms with E-state index in [2.05, 4.69) is 11.4 Å². The average molecular weight is 487 g/mol. The van der Waals surface area contributed by atoms with Gasteiger partial charge in [0.05, 0.1) is 5.56 Å². The summed E-state index contributed by atoms with van der Waals surface area (Å²) in [6.07, 6.45) is -0.618. The monoisotopic (exact) mass is 486 g/mol. The van der Waals surface area contributed by atoms with Gasteiger partial charge in [-0.2, -0.15) is 5.26 Å². The van der Waals surface area contributed by atoms with Gasteiger partial charge in [0.1, 0.15) is 36.7 Å². The second-order valence-corrected chi connectivity index (χ2v) is 9.21. The maximum absolute atomic E-state index is 12.9. The second-order valence-electron chi connectivity index (χ2n) is 9.21. The Morgan fingerprint density at radius 2 is 1.50 bits per heavy atom. The first-order valence-electron chi connectivity index (χ1n) is 11.6. The normalized spacial score (nSPS) is 11.6. The summed E-state index contributed by atoms with van der Waals surface area (Å²) in [5, 5.41) is 12.3. The van der Waals surface area contributed by atoms with Crippen LogP contribution in [0, 0.1) is 11.3 Å². The number of nitrogens with one attached hydrogen (secondary N) is 1. The lowest BCUT2D eigenvalue weighted by atomic mass is 10.0. The van der Waals surface area contributed by atoms with E-state index in [1.54, 1.807) is 39.0 Å². The van der Waals surface area contributed by atoms with Crippen LogP contribution in [0.3, 0.4) is 0 Å². The zero-order chi connectivity index (χ0) is 26.0. The lowest BCUT2D eigenvalue weighted by Gasteiger charge is -2.23. The third kappa shape index (κ3) is 8.48. The maximum atomic E-state index is 12.9. The molecule has 1 amide bonds. The fourth-order valence-corrected chi connectivity index (χ4v) is 3.36. The van der Waals surface area contributed by atoms with Gasteiger partial charge in [-0.15, -0.1) is 0 Å². The SMILES string of the molecule is CC(C)(C)OC(=O)N[C@@H](Cc1ccc(OCc2ccccc2)c(C#N)c1)C(=O)OCc1ccccc1. The zero-order valence-corrected chi connectivity index (χ0v) is 20.7. The molecule has 7 nitrogen and oxygen atoms in total. The van der Waals surface area contributed by atoms with Gasteiger partial charge in [0.2, 0.25) is 0 Å². The Morgan fingerprint density at radius 1 is 0.889 bits per heavy atom. The summed E-state index contributed by atoms with van der Waals surface area (Å²) in [6, 6.07) is 25.1. The molecule has 0 fully saturated rings. The molecule has 0 unspecified atom stereocenters. The van der Waals surface area contributed by atoms with Gasteiger partial charge >= 0.3 is 12.1 Å². The van der Waals surface area contributed by atoms with E-state index in [0.29, 0.717) is 23.5 Å². The summed E-state index contributed by atoms with van der Waals surface area (Å²) < 4.78 is 16.6. The van der Waals surface area contributed by atoms with Crippen LogP contribution < -0.4 is 10.1 Å². The summed E-state index contributed by atoms with van der Waals surface area (Å²) in [6.45, 7) is 5.61. The van der Waals surface area contributed by atoms with E-state index in [1.165, 1.54) is 0 Å². The minimum absolute atomic E-state index is 0.0713. The number of ether oxygens (including phenoxy) is 3. The van der Waals surface area contributed by atoms with Crippen LogP contribution in [-0.2, 0) is 33.9 Å². The first-order valence-corrected chi connectivity index (χ1v) is 11.6. The van der Waals surface area contributed by atoms with E-state index < -0.39 is 23.7 Å². The molecular weight excluding hydrogens is 456 g/mol. The number of alkyl carbamates (subject to hydrolysis) is 1. The molecule has 3 aromatic carbocycles. The van der Waals surface area contributed by atoms with Gasteiger partial charge in [-0.05, 0) is 49.6 Å². The largest absolute Gasteiger partial charge is 0.488 e. The molecule has 0 bridgehead atoms. The Morgan fingerprint density at radius 3 is 2.08 bits per heavy atom. The minimum atomic E-state index is -1.01. The predicted molar refractivity (Wildman–Crippen MR) is 135 cm³/mol. The van der Waals surface area contributed by atoms with Crippen LogP contribution in [0.4, 0.5) is 4.79 Å². The molecule has 0 aliphatic rings. The molecule has 1 atom stereocenters. The molecule has 0 radical (unpaired) electrons. The highest BCUT2D eigenvalue weighted by Gasteiger charge is 2.26. The van der Waals surface area contributed by atoms with Crippen LogP contribution in [0.5, 0.6) is 5.75 Å². The van der Waals surface area contributed by atoms with Crippen molar-refractivity contribution in [1.82, 2.24) is 5.32 Å². The number of hydrogen-bond donors (Lipinski definition) is 1. The van der Waals surface area contributed by atoms with E-state index in [1.807, 2.05) is 60.7 Å². The topological polar surface area (TPSA) is 97.6 Å². The molecule has 0 aromatic heterocycles. The molecule has 0 saturated carbocycles. The van der Waals surface area contributed by atoms with Gasteiger partial charge in [-0.3, -0.25) is 0 Å². The summed E-state index contributed by atoms with van der Waals surface area (Å²) in [7, 11) is 0. The molecule has 7 heteroatoms. The minimum Gasteiger partial charge on any atom is -0.488 e. The molecule has 186 valence electrons. The van der Waals surface area contributed by atoms with Crippen molar-refractivity contribution in [3.8, 4) is 11.8 Å². The highest BCUT2D eigenvalue weighted by Crippen LogP contribution is 2.22. The number of nitriles is 1. The molecular formula is C29H30N2O5. The lowest BCUT2D eigenvalue weighted by molar-refractivity contribution is -0.147. The Hall–Kier alpha value is -4.31. The van der Waals surface area contributed by atoms with E-state index >= 15 is 0 Å². The van der Waals surface area contributed by atoms with Gasteiger partial charge in [0, 0.05) is 6.42 Å². The van der Waals surface area contributed by atoms with E-state index in [-0.39, 0.29) is 13.0 Å². The second kappa shape index (κ2) is 12.4. The quantitative estimate of drug-likeness (QED) is 0.411. The first kappa shape index (κ1) is 26.3. The predicted octanol–water partition coefficient (Wildman–Crippen LogP) is 5.32. The van der Waals surface area contributed by atoms with Crippen LogP contribution in [0.15, 0.2) is 78.9 Å². The lowest BCUT2D eigenvalue weighted by Crippen LogP contribution is -2.45. The van der Waals surface area contributed by atoms with Crippen molar-refractivity contribution in [1.29, 1.82) is 5.26 Å². The summed E-state index contributed by atoms with van der Waals surface area (Å²) in [4.78, 5) is 25.3. The summed E-state index contributed by atoms with van der Waals surface area (Å²) in [5.74, 6) is -0.166. The third-order valence-electron chi connectivity index (χ3n) is 5.04. The molecule has 0 spiro atoms. The zero-order valence-electron chi connectivity index (χ0n) is 20.7. The number of rotatable bonds is 9. The van der Waals surface area contributed by atoms with E-state index in [4.69, 9.17) is 14.2 Å². The van der Waals surface area contributed by atoms with Gasteiger partial charge < -0.3 is 19.5 Å². The number of esters is 1. The van der Waals surface area contributed by atoms with Gasteiger partial charge in [-0.25, -0.2) is 9.59 Å². The number of benzene rings is 3. The van der Waals surface area contributed by atoms with Gasteiger partial charge in [-0.1, -0.05) is 66.7 Å². The van der Waals surface area contributed by atoms with Crippen LogP contribution in [0.2, 0.25) is 0 Å². The number of carbonyl (C=O) groups excluding carboxylic acids is 2. The molecule has 1 N–H and O–H groups in total. The Bertz CT molecular complexity index is 1200. The molecule has 3 rings (SSSR count). The molecule has 0 heterocycles. The van der Waals surface area contributed by atoms with Crippen molar-refractivity contribution in [2.75, 3.05) is 0 Å². The molecule has 0 aliphatic heterocycles. The Balaban J connectivity index is 1.73. The Labute approximate surface area is 211 Å². The molecule has 3 aromatic rings. The van der Waals surface area contributed by atoms with Crippen LogP contribution in [-0.4, -0.2) is 23.7 Å². The van der Waals surface area contributed by atoms with Crippen molar-refractivity contribution in [2.45, 2.75) is 52.0 Å². The van der Waals surface area contributed by atoms with Crippen LogP contribution in [0.1, 0.15) is 43.0 Å². The highest BCUT2D eigenvalue weighted by atomic mass is 16.6. The van der Waals surface area contributed by atoms with Gasteiger partial charge in [0.25, 0.3) is 0 Å². The number of amides is 1. The van der Waals surface area contributed by atoms with E-state index in [9.17, 15) is 14.9 Å².